The smallest absolute Gasteiger partial charge is 0.254 e. The maximum absolute atomic E-state index is 13.5. The molecular formula is C29H34N2O4. The van der Waals surface area contributed by atoms with Crippen molar-refractivity contribution in [2.45, 2.75) is 19.6 Å². The number of hydrogen-bond acceptors (Lipinski definition) is 5. The molecule has 3 aromatic rings. The minimum atomic E-state index is 0.00137. The lowest BCUT2D eigenvalue weighted by Crippen LogP contribution is -2.39. The fourth-order valence-electron chi connectivity index (χ4n) is 4.20. The van der Waals surface area contributed by atoms with Gasteiger partial charge < -0.3 is 19.1 Å². The molecule has 0 spiro atoms. The van der Waals surface area contributed by atoms with Crippen LogP contribution < -0.4 is 9.47 Å². The van der Waals surface area contributed by atoms with Crippen LogP contribution in [0.2, 0.25) is 0 Å². The molecule has 35 heavy (non-hydrogen) atoms. The van der Waals surface area contributed by atoms with Crippen LogP contribution in [0.4, 0.5) is 0 Å². The van der Waals surface area contributed by atoms with E-state index in [4.69, 9.17) is 14.2 Å². The van der Waals surface area contributed by atoms with Gasteiger partial charge in [-0.2, -0.15) is 0 Å². The van der Waals surface area contributed by atoms with Crippen molar-refractivity contribution in [2.75, 3.05) is 46.5 Å². The van der Waals surface area contributed by atoms with Crippen molar-refractivity contribution in [1.29, 1.82) is 0 Å². The molecule has 1 aliphatic rings. The van der Waals surface area contributed by atoms with E-state index in [1.54, 1.807) is 13.2 Å². The molecule has 184 valence electrons. The number of nitrogens with zero attached hydrogens (tertiary/aromatic N) is 2. The molecule has 1 saturated heterocycles. The van der Waals surface area contributed by atoms with Gasteiger partial charge in [-0.15, -0.1) is 0 Å². The van der Waals surface area contributed by atoms with Crippen molar-refractivity contribution in [2.24, 2.45) is 0 Å². The Kier molecular flexibility index (Phi) is 9.15. The van der Waals surface area contributed by atoms with E-state index in [9.17, 15) is 4.79 Å². The van der Waals surface area contributed by atoms with Gasteiger partial charge in [0.15, 0.2) is 0 Å². The second-order valence-electron chi connectivity index (χ2n) is 8.69. The Labute approximate surface area is 208 Å². The van der Waals surface area contributed by atoms with E-state index in [0.717, 1.165) is 56.1 Å². The van der Waals surface area contributed by atoms with E-state index in [0.29, 0.717) is 31.0 Å². The lowest BCUT2D eigenvalue weighted by molar-refractivity contribution is 0.0355. The van der Waals surface area contributed by atoms with E-state index in [1.807, 2.05) is 77.7 Å². The Hall–Kier alpha value is -3.35. The first-order valence-electron chi connectivity index (χ1n) is 12.2. The highest BCUT2D eigenvalue weighted by molar-refractivity contribution is 5.94. The summed E-state index contributed by atoms with van der Waals surface area (Å²) in [4.78, 5) is 17.8. The molecule has 1 amide bonds. The van der Waals surface area contributed by atoms with Gasteiger partial charge in [0.1, 0.15) is 18.1 Å². The predicted molar refractivity (Wildman–Crippen MR) is 137 cm³/mol. The number of carbonyl (C=O) groups is 1. The number of methoxy groups -OCH3 is 1. The van der Waals surface area contributed by atoms with Crippen LogP contribution in [0.1, 0.15) is 27.9 Å². The molecule has 4 rings (SSSR count). The molecule has 0 unspecified atom stereocenters. The third-order valence-electron chi connectivity index (χ3n) is 6.13. The molecule has 0 N–H and O–H groups in total. The van der Waals surface area contributed by atoms with E-state index < -0.39 is 0 Å². The molecule has 0 bridgehead atoms. The van der Waals surface area contributed by atoms with Crippen LogP contribution in [0.5, 0.6) is 11.5 Å². The molecule has 6 heteroatoms. The summed E-state index contributed by atoms with van der Waals surface area (Å²) >= 11 is 0. The topological polar surface area (TPSA) is 51.2 Å². The van der Waals surface area contributed by atoms with Crippen molar-refractivity contribution in [3.05, 3.63) is 95.6 Å². The van der Waals surface area contributed by atoms with Crippen LogP contribution in [0, 0.1) is 0 Å². The summed E-state index contributed by atoms with van der Waals surface area (Å²) in [6.07, 6.45) is 0.903. The van der Waals surface area contributed by atoms with Gasteiger partial charge in [-0.1, -0.05) is 48.5 Å². The zero-order valence-electron chi connectivity index (χ0n) is 20.4. The third kappa shape index (κ3) is 7.57. The van der Waals surface area contributed by atoms with Crippen LogP contribution in [-0.4, -0.2) is 62.2 Å². The number of amides is 1. The molecule has 3 aromatic carbocycles. The fourth-order valence-corrected chi connectivity index (χ4v) is 4.20. The maximum Gasteiger partial charge on any atom is 0.254 e. The minimum absolute atomic E-state index is 0.00137. The number of benzene rings is 3. The molecule has 6 nitrogen and oxygen atoms in total. The standard InChI is InChI=1S/C29H34N2O4/c1-33-27-12-6-11-26(21-27)29(32)31(15-7-14-30-16-18-34-19-17-30)22-25-10-5-13-28(20-25)35-23-24-8-3-2-4-9-24/h2-6,8-13,20-21H,7,14-19,22-23H2,1H3. The number of hydrogen-bond donors (Lipinski definition) is 0. The van der Waals surface area contributed by atoms with Gasteiger partial charge in [0.05, 0.1) is 20.3 Å². The molecule has 0 aromatic heterocycles. The molecule has 1 aliphatic heterocycles. The summed E-state index contributed by atoms with van der Waals surface area (Å²) in [7, 11) is 1.62. The van der Waals surface area contributed by atoms with Gasteiger partial charge in [-0.25, -0.2) is 0 Å². The number of ether oxygens (including phenoxy) is 3. The molecular weight excluding hydrogens is 440 g/mol. The SMILES string of the molecule is COc1cccc(C(=O)N(CCCN2CCOCC2)Cc2cccc(OCc3ccccc3)c2)c1. The van der Waals surface area contributed by atoms with Gasteiger partial charge in [0.2, 0.25) is 0 Å². The number of rotatable bonds is 11. The summed E-state index contributed by atoms with van der Waals surface area (Å²) in [5, 5.41) is 0. The Balaban J connectivity index is 1.44. The second-order valence-corrected chi connectivity index (χ2v) is 8.69. The van der Waals surface area contributed by atoms with E-state index in [-0.39, 0.29) is 5.91 Å². The van der Waals surface area contributed by atoms with Gasteiger partial charge in [0.25, 0.3) is 5.91 Å². The third-order valence-corrected chi connectivity index (χ3v) is 6.13. The second kappa shape index (κ2) is 12.9. The van der Waals surface area contributed by atoms with Crippen molar-refractivity contribution in [1.82, 2.24) is 9.80 Å². The van der Waals surface area contributed by atoms with Crippen LogP contribution >= 0.6 is 0 Å². The highest BCUT2D eigenvalue weighted by Crippen LogP contribution is 2.20. The molecule has 1 fully saturated rings. The summed E-state index contributed by atoms with van der Waals surface area (Å²) in [6, 6.07) is 25.5. The quantitative estimate of drug-likeness (QED) is 0.405. The van der Waals surface area contributed by atoms with Crippen LogP contribution in [0.25, 0.3) is 0 Å². The Morgan fingerprint density at radius 3 is 2.46 bits per heavy atom. The summed E-state index contributed by atoms with van der Waals surface area (Å²) in [5.41, 5.74) is 2.79. The zero-order valence-corrected chi connectivity index (χ0v) is 20.4. The van der Waals surface area contributed by atoms with Crippen molar-refractivity contribution in [3.63, 3.8) is 0 Å². The molecule has 1 heterocycles. The highest BCUT2D eigenvalue weighted by Gasteiger charge is 2.18. The summed E-state index contributed by atoms with van der Waals surface area (Å²) in [6.45, 7) is 6.10. The highest BCUT2D eigenvalue weighted by atomic mass is 16.5. The first-order valence-corrected chi connectivity index (χ1v) is 12.2. The average molecular weight is 475 g/mol. The van der Waals surface area contributed by atoms with Crippen LogP contribution in [0.15, 0.2) is 78.9 Å². The first-order chi connectivity index (χ1) is 17.2. The van der Waals surface area contributed by atoms with Gasteiger partial charge in [-0.3, -0.25) is 9.69 Å². The van der Waals surface area contributed by atoms with Gasteiger partial charge in [0, 0.05) is 38.3 Å². The normalized spacial score (nSPS) is 13.9. The maximum atomic E-state index is 13.5. The van der Waals surface area contributed by atoms with E-state index in [1.165, 1.54) is 0 Å². The van der Waals surface area contributed by atoms with Crippen molar-refractivity contribution < 1.29 is 19.0 Å². The lowest BCUT2D eigenvalue weighted by atomic mass is 10.1. The largest absolute Gasteiger partial charge is 0.497 e. The summed E-state index contributed by atoms with van der Waals surface area (Å²) in [5.74, 6) is 1.48. The van der Waals surface area contributed by atoms with Crippen LogP contribution in [-0.2, 0) is 17.9 Å². The van der Waals surface area contributed by atoms with Crippen molar-refractivity contribution >= 4 is 5.91 Å². The predicted octanol–water partition coefficient (Wildman–Crippen LogP) is 4.64. The fraction of sp³-hybridized carbons (Fsp3) is 0.345. The molecule has 0 saturated carbocycles. The van der Waals surface area contributed by atoms with Gasteiger partial charge in [-0.05, 0) is 47.9 Å². The Morgan fingerprint density at radius 2 is 1.66 bits per heavy atom. The molecule has 0 radical (unpaired) electrons. The zero-order chi connectivity index (χ0) is 24.3. The molecule has 0 atom stereocenters. The Morgan fingerprint density at radius 1 is 0.914 bits per heavy atom. The van der Waals surface area contributed by atoms with E-state index >= 15 is 0 Å². The van der Waals surface area contributed by atoms with Crippen molar-refractivity contribution in [3.8, 4) is 11.5 Å². The average Bonchev–Trinajstić information content (AvgIpc) is 2.92. The minimum Gasteiger partial charge on any atom is -0.497 e. The number of carbonyl (C=O) groups excluding carboxylic acids is 1. The summed E-state index contributed by atoms with van der Waals surface area (Å²) < 4.78 is 16.8. The first kappa shape index (κ1) is 24.8. The molecule has 0 aliphatic carbocycles. The lowest BCUT2D eigenvalue weighted by Gasteiger charge is -2.28. The monoisotopic (exact) mass is 474 g/mol. The Bertz CT molecular complexity index is 1070. The van der Waals surface area contributed by atoms with Gasteiger partial charge >= 0.3 is 0 Å². The van der Waals surface area contributed by atoms with E-state index in [2.05, 4.69) is 4.90 Å². The van der Waals surface area contributed by atoms with Crippen LogP contribution in [0.3, 0.4) is 0 Å². The number of morpholine rings is 1.